The van der Waals surface area contributed by atoms with Crippen LogP contribution in [-0.4, -0.2) is 30.9 Å². The number of esters is 1. The molecule has 1 saturated carbocycles. The summed E-state index contributed by atoms with van der Waals surface area (Å²) in [6.45, 7) is 2.37. The van der Waals surface area contributed by atoms with Crippen LogP contribution < -0.4 is 5.32 Å². The molecule has 0 aromatic rings. The van der Waals surface area contributed by atoms with E-state index in [1.165, 1.54) is 19.3 Å². The highest BCUT2D eigenvalue weighted by Gasteiger charge is 2.15. The fourth-order valence-corrected chi connectivity index (χ4v) is 2.00. The molecule has 0 aromatic heterocycles. The minimum atomic E-state index is -0.419. The van der Waals surface area contributed by atoms with Crippen molar-refractivity contribution in [1.82, 2.24) is 5.32 Å². The van der Waals surface area contributed by atoms with E-state index in [1.807, 2.05) is 0 Å². The molecule has 1 aliphatic carbocycles. The average molecular weight is 227 g/mol. The van der Waals surface area contributed by atoms with E-state index in [0.717, 1.165) is 12.8 Å². The quantitative estimate of drug-likeness (QED) is 0.551. The van der Waals surface area contributed by atoms with Crippen LogP contribution in [0.15, 0.2) is 0 Å². The second-order valence-electron chi connectivity index (χ2n) is 4.24. The Morgan fingerprint density at radius 3 is 2.56 bits per heavy atom. The highest BCUT2D eigenvalue weighted by Crippen LogP contribution is 2.17. The zero-order valence-corrected chi connectivity index (χ0v) is 9.96. The second-order valence-corrected chi connectivity index (χ2v) is 4.24. The monoisotopic (exact) mass is 227 g/mol. The molecule has 1 aliphatic rings. The molecule has 0 bridgehead atoms. The molecule has 0 saturated heterocycles. The molecule has 1 rings (SSSR count). The van der Waals surface area contributed by atoms with E-state index in [-0.39, 0.29) is 12.2 Å². The van der Waals surface area contributed by atoms with Gasteiger partial charge < -0.3 is 10.1 Å². The fraction of sp³-hybridized carbons (Fsp3) is 0.833. The third-order valence-electron chi connectivity index (χ3n) is 2.84. The third kappa shape index (κ3) is 5.26. The minimum Gasteiger partial charge on any atom is -0.466 e. The molecule has 0 radical (unpaired) electrons. The maximum Gasteiger partial charge on any atom is 0.313 e. The number of ether oxygens (including phenoxy) is 1. The molecular formula is C12H21NO3. The molecule has 4 heteroatoms. The molecule has 92 valence electrons. The van der Waals surface area contributed by atoms with Gasteiger partial charge in [0.1, 0.15) is 6.42 Å². The highest BCUT2D eigenvalue weighted by molar-refractivity contribution is 5.96. The van der Waals surface area contributed by atoms with Gasteiger partial charge in [0.15, 0.2) is 5.78 Å². The van der Waals surface area contributed by atoms with Gasteiger partial charge in [0.25, 0.3) is 0 Å². The molecule has 4 nitrogen and oxygen atoms in total. The van der Waals surface area contributed by atoms with Gasteiger partial charge in [0.2, 0.25) is 0 Å². The van der Waals surface area contributed by atoms with Gasteiger partial charge in [-0.1, -0.05) is 19.3 Å². The Balaban J connectivity index is 2.11. The van der Waals surface area contributed by atoms with E-state index < -0.39 is 5.97 Å². The van der Waals surface area contributed by atoms with Crippen LogP contribution in [0.2, 0.25) is 0 Å². The van der Waals surface area contributed by atoms with E-state index in [1.54, 1.807) is 6.92 Å². The number of ketones is 1. The largest absolute Gasteiger partial charge is 0.466 e. The van der Waals surface area contributed by atoms with Crippen LogP contribution in [0.5, 0.6) is 0 Å². The summed E-state index contributed by atoms with van der Waals surface area (Å²) in [4.78, 5) is 22.4. The van der Waals surface area contributed by atoms with Crippen molar-refractivity contribution in [1.29, 1.82) is 0 Å². The van der Waals surface area contributed by atoms with Gasteiger partial charge >= 0.3 is 5.97 Å². The lowest BCUT2D eigenvalue weighted by Crippen LogP contribution is -2.35. The van der Waals surface area contributed by atoms with Crippen molar-refractivity contribution in [2.75, 3.05) is 13.2 Å². The zero-order valence-electron chi connectivity index (χ0n) is 9.96. The molecule has 0 aromatic carbocycles. The van der Waals surface area contributed by atoms with Gasteiger partial charge in [-0.15, -0.1) is 0 Å². The molecule has 1 fully saturated rings. The molecule has 0 aliphatic heterocycles. The van der Waals surface area contributed by atoms with Crippen LogP contribution in [-0.2, 0) is 14.3 Å². The van der Waals surface area contributed by atoms with Gasteiger partial charge in [-0.05, 0) is 19.8 Å². The highest BCUT2D eigenvalue weighted by atomic mass is 16.5. The summed E-state index contributed by atoms with van der Waals surface area (Å²) in [5.74, 6) is -0.498. The Morgan fingerprint density at radius 1 is 1.25 bits per heavy atom. The maximum atomic E-state index is 11.4. The number of Topliss-reactive ketones (excluding diaryl/α,β-unsaturated/α-hetero) is 1. The summed E-state index contributed by atoms with van der Waals surface area (Å²) >= 11 is 0. The second kappa shape index (κ2) is 7.39. The Bertz CT molecular complexity index is 234. The van der Waals surface area contributed by atoms with Crippen LogP contribution in [0.4, 0.5) is 0 Å². The van der Waals surface area contributed by atoms with Crippen molar-refractivity contribution in [3.63, 3.8) is 0 Å². The van der Waals surface area contributed by atoms with E-state index in [4.69, 9.17) is 4.74 Å². The number of rotatable bonds is 6. The van der Waals surface area contributed by atoms with Crippen LogP contribution in [0.3, 0.4) is 0 Å². The van der Waals surface area contributed by atoms with Crippen molar-refractivity contribution in [3.8, 4) is 0 Å². The summed E-state index contributed by atoms with van der Waals surface area (Å²) < 4.78 is 4.72. The van der Waals surface area contributed by atoms with E-state index >= 15 is 0 Å². The molecule has 0 unspecified atom stereocenters. The van der Waals surface area contributed by atoms with Gasteiger partial charge in [0.05, 0.1) is 13.2 Å². The normalized spacial score (nSPS) is 17.1. The summed E-state index contributed by atoms with van der Waals surface area (Å²) in [5.41, 5.74) is 0. The Morgan fingerprint density at radius 2 is 1.94 bits per heavy atom. The average Bonchev–Trinajstić information content (AvgIpc) is 2.28. The van der Waals surface area contributed by atoms with Gasteiger partial charge in [-0.25, -0.2) is 0 Å². The van der Waals surface area contributed by atoms with Crippen LogP contribution >= 0.6 is 0 Å². The minimum absolute atomic E-state index is 0.0796. The molecule has 0 amide bonds. The lowest BCUT2D eigenvalue weighted by molar-refractivity contribution is -0.145. The summed E-state index contributed by atoms with van der Waals surface area (Å²) in [6.07, 6.45) is 5.97. The molecule has 16 heavy (non-hydrogen) atoms. The number of hydrogen-bond donors (Lipinski definition) is 1. The van der Waals surface area contributed by atoms with E-state index in [0.29, 0.717) is 19.2 Å². The smallest absolute Gasteiger partial charge is 0.313 e. The number of nitrogens with one attached hydrogen (secondary N) is 1. The van der Waals surface area contributed by atoms with Crippen molar-refractivity contribution in [2.24, 2.45) is 0 Å². The van der Waals surface area contributed by atoms with Crippen LogP contribution in [0, 0.1) is 0 Å². The molecule has 0 spiro atoms. The van der Waals surface area contributed by atoms with Gasteiger partial charge in [0, 0.05) is 6.04 Å². The molecule has 0 atom stereocenters. The first-order valence-electron chi connectivity index (χ1n) is 6.13. The SMILES string of the molecule is CCOC(=O)CC(=O)CNC1CCCCC1. The Hall–Kier alpha value is -0.900. The topological polar surface area (TPSA) is 55.4 Å². The first-order valence-corrected chi connectivity index (χ1v) is 6.13. The number of carbonyl (C=O) groups excluding carboxylic acids is 2. The Labute approximate surface area is 96.7 Å². The maximum absolute atomic E-state index is 11.4. The summed E-state index contributed by atoms with van der Waals surface area (Å²) in [5, 5.41) is 3.21. The van der Waals surface area contributed by atoms with E-state index in [9.17, 15) is 9.59 Å². The zero-order chi connectivity index (χ0) is 11.8. The van der Waals surface area contributed by atoms with Crippen LogP contribution in [0.1, 0.15) is 45.4 Å². The predicted octanol–water partition coefficient (Wildman–Crippen LogP) is 1.43. The number of carbonyl (C=O) groups is 2. The van der Waals surface area contributed by atoms with Crippen molar-refractivity contribution < 1.29 is 14.3 Å². The third-order valence-corrected chi connectivity index (χ3v) is 2.84. The van der Waals surface area contributed by atoms with Crippen molar-refractivity contribution >= 4 is 11.8 Å². The van der Waals surface area contributed by atoms with E-state index in [2.05, 4.69) is 5.32 Å². The molecular weight excluding hydrogens is 206 g/mol. The van der Waals surface area contributed by atoms with Gasteiger partial charge in [-0.2, -0.15) is 0 Å². The van der Waals surface area contributed by atoms with Crippen LogP contribution in [0.25, 0.3) is 0 Å². The number of hydrogen-bond acceptors (Lipinski definition) is 4. The lowest BCUT2D eigenvalue weighted by atomic mass is 9.95. The fourth-order valence-electron chi connectivity index (χ4n) is 2.00. The summed E-state index contributed by atoms with van der Waals surface area (Å²) in [7, 11) is 0. The van der Waals surface area contributed by atoms with Gasteiger partial charge in [-0.3, -0.25) is 9.59 Å². The Kier molecular flexibility index (Phi) is 6.08. The summed E-state index contributed by atoms with van der Waals surface area (Å²) in [6, 6.07) is 0.458. The lowest BCUT2D eigenvalue weighted by Gasteiger charge is -2.22. The van der Waals surface area contributed by atoms with Crippen molar-refractivity contribution in [3.05, 3.63) is 0 Å². The first kappa shape index (κ1) is 13.2. The standard InChI is InChI=1S/C12H21NO3/c1-2-16-12(15)8-11(14)9-13-10-6-4-3-5-7-10/h10,13H,2-9H2,1H3. The predicted molar refractivity (Wildman–Crippen MR) is 61.1 cm³/mol. The molecule has 1 N–H and O–H groups in total. The first-order chi connectivity index (χ1) is 7.72. The van der Waals surface area contributed by atoms with Crippen molar-refractivity contribution in [2.45, 2.75) is 51.5 Å². The molecule has 0 heterocycles.